The van der Waals surface area contributed by atoms with Crippen LogP contribution in [0.25, 0.3) is 0 Å². The quantitative estimate of drug-likeness (QED) is 0.447. The molecule has 2 heteroatoms. The normalized spacial score (nSPS) is 10.0. The SMILES string of the molecule is Cc1ccnc([SiH3])c1C. The van der Waals surface area contributed by atoms with Crippen LogP contribution in [-0.4, -0.2) is 15.2 Å². The minimum Gasteiger partial charge on any atom is -0.267 e. The summed E-state index contributed by atoms with van der Waals surface area (Å²) in [6, 6.07) is 2.05. The van der Waals surface area contributed by atoms with Crippen molar-refractivity contribution in [2.75, 3.05) is 0 Å². The van der Waals surface area contributed by atoms with Gasteiger partial charge in [0.15, 0.2) is 0 Å². The highest BCUT2D eigenvalue weighted by Gasteiger charge is 1.93. The topological polar surface area (TPSA) is 12.9 Å². The van der Waals surface area contributed by atoms with Gasteiger partial charge in [-0.2, -0.15) is 0 Å². The maximum Gasteiger partial charge on any atom is 0.0626 e. The lowest BCUT2D eigenvalue weighted by Gasteiger charge is -2.00. The first-order chi connectivity index (χ1) is 4.22. The Morgan fingerprint density at radius 1 is 1.44 bits per heavy atom. The van der Waals surface area contributed by atoms with E-state index < -0.39 is 0 Å². The second-order valence-corrected chi connectivity index (χ2v) is 3.29. The van der Waals surface area contributed by atoms with Gasteiger partial charge >= 0.3 is 0 Å². The van der Waals surface area contributed by atoms with Crippen LogP contribution in [-0.2, 0) is 0 Å². The van der Waals surface area contributed by atoms with E-state index in [1.807, 2.05) is 6.20 Å². The fourth-order valence-corrected chi connectivity index (χ4v) is 1.31. The van der Waals surface area contributed by atoms with Gasteiger partial charge in [-0.05, 0) is 31.0 Å². The van der Waals surface area contributed by atoms with Crippen molar-refractivity contribution in [2.24, 2.45) is 0 Å². The summed E-state index contributed by atoms with van der Waals surface area (Å²) in [6.45, 7) is 4.25. The van der Waals surface area contributed by atoms with Crippen molar-refractivity contribution >= 4 is 15.6 Å². The second kappa shape index (κ2) is 2.31. The van der Waals surface area contributed by atoms with E-state index in [9.17, 15) is 0 Å². The van der Waals surface area contributed by atoms with Gasteiger partial charge in [-0.25, -0.2) is 0 Å². The Kier molecular flexibility index (Phi) is 1.67. The summed E-state index contributed by atoms with van der Waals surface area (Å²) in [7, 11) is 1.06. The number of hydrogen-bond acceptors (Lipinski definition) is 1. The number of pyridine rings is 1. The lowest BCUT2D eigenvalue weighted by Crippen LogP contribution is -2.12. The fraction of sp³-hybridized carbons (Fsp3) is 0.286. The molecule has 1 aromatic heterocycles. The molecular formula is C7H11NSi. The van der Waals surface area contributed by atoms with Gasteiger partial charge < -0.3 is 0 Å². The zero-order chi connectivity index (χ0) is 6.85. The number of rotatable bonds is 0. The van der Waals surface area contributed by atoms with Crippen LogP contribution in [0.3, 0.4) is 0 Å². The van der Waals surface area contributed by atoms with Gasteiger partial charge in [-0.1, -0.05) is 0 Å². The number of hydrogen-bond donors (Lipinski definition) is 0. The molecule has 9 heavy (non-hydrogen) atoms. The third kappa shape index (κ3) is 1.19. The maximum atomic E-state index is 4.20. The van der Waals surface area contributed by atoms with Crippen molar-refractivity contribution in [1.82, 2.24) is 4.98 Å². The summed E-state index contributed by atoms with van der Waals surface area (Å²) in [6.07, 6.45) is 1.88. The van der Waals surface area contributed by atoms with E-state index in [1.54, 1.807) is 0 Å². The standard InChI is InChI=1S/C7H11NSi/c1-5-3-4-8-7(9)6(5)2/h3-4H,1-2,9H3. The molecule has 0 bridgehead atoms. The van der Waals surface area contributed by atoms with Gasteiger partial charge in [-0.15, -0.1) is 0 Å². The third-order valence-electron chi connectivity index (χ3n) is 1.73. The molecule has 0 aliphatic carbocycles. The molecular weight excluding hydrogens is 126 g/mol. The van der Waals surface area contributed by atoms with Crippen molar-refractivity contribution in [3.63, 3.8) is 0 Å². The van der Waals surface area contributed by atoms with Crippen molar-refractivity contribution < 1.29 is 0 Å². The van der Waals surface area contributed by atoms with E-state index in [-0.39, 0.29) is 0 Å². The smallest absolute Gasteiger partial charge is 0.0626 e. The van der Waals surface area contributed by atoms with Gasteiger partial charge in [0.05, 0.1) is 10.2 Å². The molecule has 0 fully saturated rings. The third-order valence-corrected chi connectivity index (χ3v) is 2.74. The predicted molar refractivity (Wildman–Crippen MR) is 43.3 cm³/mol. The van der Waals surface area contributed by atoms with Gasteiger partial charge in [0.2, 0.25) is 0 Å². The molecule has 0 aliphatic heterocycles. The van der Waals surface area contributed by atoms with Gasteiger partial charge in [-0.3, -0.25) is 4.98 Å². The minimum absolute atomic E-state index is 1.06. The van der Waals surface area contributed by atoms with Crippen LogP contribution in [0.1, 0.15) is 11.1 Å². The Morgan fingerprint density at radius 3 is 2.56 bits per heavy atom. The van der Waals surface area contributed by atoms with E-state index in [2.05, 4.69) is 24.9 Å². The number of aromatic nitrogens is 1. The van der Waals surface area contributed by atoms with E-state index in [4.69, 9.17) is 0 Å². The molecule has 0 atom stereocenters. The van der Waals surface area contributed by atoms with Crippen molar-refractivity contribution in [1.29, 1.82) is 0 Å². The molecule has 0 saturated carbocycles. The molecule has 48 valence electrons. The monoisotopic (exact) mass is 137 g/mol. The van der Waals surface area contributed by atoms with Gasteiger partial charge in [0, 0.05) is 11.5 Å². The molecule has 1 rings (SSSR count). The predicted octanol–water partition coefficient (Wildman–Crippen LogP) is -0.311. The van der Waals surface area contributed by atoms with Gasteiger partial charge in [0.25, 0.3) is 0 Å². The van der Waals surface area contributed by atoms with Crippen molar-refractivity contribution in [3.8, 4) is 0 Å². The summed E-state index contributed by atoms with van der Waals surface area (Å²) in [5.41, 5.74) is 2.72. The summed E-state index contributed by atoms with van der Waals surface area (Å²) in [4.78, 5) is 4.20. The van der Waals surface area contributed by atoms with Gasteiger partial charge in [0.1, 0.15) is 0 Å². The van der Waals surface area contributed by atoms with Crippen molar-refractivity contribution in [2.45, 2.75) is 13.8 Å². The molecule has 1 nitrogen and oxygen atoms in total. The average molecular weight is 137 g/mol. The van der Waals surface area contributed by atoms with Crippen LogP contribution >= 0.6 is 0 Å². The molecule has 0 amide bonds. The van der Waals surface area contributed by atoms with Crippen molar-refractivity contribution in [3.05, 3.63) is 23.4 Å². The second-order valence-electron chi connectivity index (χ2n) is 2.34. The number of aryl methyl sites for hydroxylation is 1. The highest BCUT2D eigenvalue weighted by molar-refractivity contribution is 6.31. The summed E-state index contributed by atoms with van der Waals surface area (Å²) in [5.74, 6) is 0. The van der Waals surface area contributed by atoms with Crippen LogP contribution < -0.4 is 5.32 Å². The molecule has 0 aromatic carbocycles. The van der Waals surface area contributed by atoms with Crippen LogP contribution in [0, 0.1) is 13.8 Å². The molecule has 0 saturated heterocycles. The summed E-state index contributed by atoms with van der Waals surface area (Å²) in [5, 5.41) is 1.27. The molecule has 0 unspecified atom stereocenters. The first-order valence-electron chi connectivity index (χ1n) is 3.10. The Labute approximate surface area is 58.6 Å². The fourth-order valence-electron chi connectivity index (χ4n) is 0.768. The van der Waals surface area contributed by atoms with Crippen LogP contribution in [0.4, 0.5) is 0 Å². The minimum atomic E-state index is 1.06. The molecule has 0 radical (unpaired) electrons. The highest BCUT2D eigenvalue weighted by Crippen LogP contribution is 1.97. The van der Waals surface area contributed by atoms with E-state index in [1.165, 1.54) is 16.4 Å². The van der Waals surface area contributed by atoms with E-state index in [0.29, 0.717) is 0 Å². The molecule has 0 N–H and O–H groups in total. The first kappa shape index (κ1) is 6.49. The Morgan fingerprint density at radius 2 is 2.11 bits per heavy atom. The molecule has 1 aromatic rings. The first-order valence-corrected chi connectivity index (χ1v) is 4.10. The van der Waals surface area contributed by atoms with E-state index >= 15 is 0 Å². The summed E-state index contributed by atoms with van der Waals surface area (Å²) < 4.78 is 0. The maximum absolute atomic E-state index is 4.20. The molecule has 0 spiro atoms. The number of nitrogens with zero attached hydrogens (tertiary/aromatic N) is 1. The lowest BCUT2D eigenvalue weighted by atomic mass is 10.2. The Balaban J connectivity index is 3.25. The summed E-state index contributed by atoms with van der Waals surface area (Å²) >= 11 is 0. The molecule has 1 heterocycles. The van der Waals surface area contributed by atoms with Crippen LogP contribution in [0.15, 0.2) is 12.3 Å². The highest BCUT2D eigenvalue weighted by atomic mass is 28.1. The molecule has 0 aliphatic rings. The van der Waals surface area contributed by atoms with E-state index in [0.717, 1.165) is 10.2 Å². The zero-order valence-corrected chi connectivity index (χ0v) is 8.10. The van der Waals surface area contributed by atoms with Crippen LogP contribution in [0.2, 0.25) is 0 Å². The lowest BCUT2D eigenvalue weighted by molar-refractivity contribution is 1.26. The van der Waals surface area contributed by atoms with Crippen LogP contribution in [0.5, 0.6) is 0 Å². The average Bonchev–Trinajstić information content (AvgIpc) is 1.83. The largest absolute Gasteiger partial charge is 0.267 e. The Bertz CT molecular complexity index is 200. The Hall–Kier alpha value is -0.633. The zero-order valence-electron chi connectivity index (χ0n) is 6.10.